The first kappa shape index (κ1) is 5.52. The zero-order valence-corrected chi connectivity index (χ0v) is 5.55. The maximum Gasteiger partial charge on any atom is 0.273 e. The monoisotopic (exact) mass is 157 g/mol. The lowest BCUT2D eigenvalue weighted by Gasteiger charge is -1.99. The first-order valence-electron chi connectivity index (χ1n) is 3.71. The van der Waals surface area contributed by atoms with Crippen molar-refractivity contribution in [2.75, 3.05) is 0 Å². The van der Waals surface area contributed by atoms with Crippen molar-refractivity contribution in [3.63, 3.8) is 0 Å². The van der Waals surface area contributed by atoms with Crippen LogP contribution in [0.2, 0.25) is 0 Å². The first-order chi connectivity index (χ1) is 5.62. The Labute approximate surface area is 64.0 Å². The second-order valence-corrected chi connectivity index (χ2v) is 2.28. The van der Waals surface area contributed by atoms with Gasteiger partial charge in [-0.1, -0.05) is 18.2 Å². The molecule has 0 amide bonds. The average molecular weight is 157 g/mol. The molecule has 1 heterocycles. The van der Waals surface area contributed by atoms with E-state index in [9.17, 15) is 8.78 Å². The fourth-order valence-corrected chi connectivity index (χ4v) is 1.05. The third-order valence-electron chi connectivity index (χ3n) is 1.57. The summed E-state index contributed by atoms with van der Waals surface area (Å²) in [5.74, 6) is 0.113. The maximum absolute atomic E-state index is 13.2. The normalized spacial score (nSPS) is 35.8. The maximum atomic E-state index is 13.2. The van der Waals surface area contributed by atoms with Crippen LogP contribution in [0.3, 0.4) is 0 Å². The Morgan fingerprint density at radius 3 is 2.82 bits per heavy atom. The summed E-state index contributed by atoms with van der Waals surface area (Å²) < 4.78 is 37.4. The minimum absolute atomic E-state index is 0.0440. The van der Waals surface area contributed by atoms with Gasteiger partial charge in [-0.05, 0) is 6.07 Å². The van der Waals surface area contributed by atoms with Gasteiger partial charge < -0.3 is 4.74 Å². The molecule has 58 valence electrons. The van der Waals surface area contributed by atoms with Crippen molar-refractivity contribution in [3.8, 4) is 5.75 Å². The molecular weight excluding hydrogens is 150 g/mol. The van der Waals surface area contributed by atoms with Crippen LogP contribution < -0.4 is 4.74 Å². The van der Waals surface area contributed by atoms with Crippen LogP contribution in [0.15, 0.2) is 24.3 Å². The number of hydrogen-bond donors (Lipinski definition) is 0. The highest BCUT2D eigenvalue weighted by atomic mass is 19.2. The minimum atomic E-state index is -2.75. The summed E-state index contributed by atoms with van der Waals surface area (Å²) in [6.45, 7) is 0. The van der Waals surface area contributed by atoms with Gasteiger partial charge in [0.15, 0.2) is 6.15 Å². The SMILES string of the molecule is [2H][C@]1(F)c2ccccc2O[C@H]1F. The molecule has 0 aliphatic carbocycles. The molecule has 0 spiro atoms. The summed E-state index contributed by atoms with van der Waals surface area (Å²) in [5, 5.41) is 0. The molecule has 0 N–H and O–H groups in total. The molecule has 1 aliphatic rings. The number of fused-ring (bicyclic) bond motifs is 1. The van der Waals surface area contributed by atoms with Crippen molar-refractivity contribution < 1.29 is 14.9 Å². The number of hydrogen-bond acceptors (Lipinski definition) is 1. The number of halogens is 2. The van der Waals surface area contributed by atoms with Gasteiger partial charge in [-0.25, -0.2) is 4.39 Å². The number of benzene rings is 1. The Kier molecular flexibility index (Phi) is 1.10. The van der Waals surface area contributed by atoms with E-state index in [-0.39, 0.29) is 11.3 Å². The van der Waals surface area contributed by atoms with Gasteiger partial charge in [-0.2, -0.15) is 4.39 Å². The molecule has 0 bridgehead atoms. The molecule has 2 rings (SSSR count). The standard InChI is InChI=1S/C8H6F2O/c9-7-5-3-1-2-4-6(5)11-8(7)10/h1-4,7-8H/t7-,8+/m0/s1/i7D. The highest BCUT2D eigenvalue weighted by molar-refractivity contribution is 5.38. The Hall–Kier alpha value is -1.12. The molecule has 0 fully saturated rings. The number of ether oxygens (including phenoxy) is 1. The lowest BCUT2D eigenvalue weighted by Crippen LogP contribution is -2.07. The van der Waals surface area contributed by atoms with E-state index >= 15 is 0 Å². The number of para-hydroxylation sites is 1. The highest BCUT2D eigenvalue weighted by Gasteiger charge is 2.33. The second-order valence-electron chi connectivity index (χ2n) is 2.28. The fraction of sp³-hybridized carbons (Fsp3) is 0.250. The van der Waals surface area contributed by atoms with Gasteiger partial charge in [0.05, 0.1) is 1.37 Å². The number of rotatable bonds is 0. The smallest absolute Gasteiger partial charge is 0.273 e. The van der Waals surface area contributed by atoms with E-state index in [4.69, 9.17) is 1.37 Å². The molecular formula is C8H6F2O. The van der Waals surface area contributed by atoms with Crippen molar-refractivity contribution in [2.45, 2.75) is 12.5 Å². The minimum Gasteiger partial charge on any atom is -0.456 e. The summed E-state index contributed by atoms with van der Waals surface area (Å²) in [6.07, 6.45) is -4.97. The van der Waals surface area contributed by atoms with Crippen molar-refractivity contribution in [1.82, 2.24) is 0 Å². The zero-order chi connectivity index (χ0) is 8.77. The summed E-state index contributed by atoms with van der Waals surface area (Å²) in [5.41, 5.74) is -0.0440. The topological polar surface area (TPSA) is 9.23 Å². The Morgan fingerprint density at radius 1 is 1.36 bits per heavy atom. The highest BCUT2D eigenvalue weighted by Crippen LogP contribution is 2.39. The summed E-state index contributed by atoms with van der Waals surface area (Å²) >= 11 is 0. The van der Waals surface area contributed by atoms with Crippen molar-refractivity contribution in [3.05, 3.63) is 29.8 Å². The van der Waals surface area contributed by atoms with Gasteiger partial charge in [0.25, 0.3) is 6.36 Å². The van der Waals surface area contributed by atoms with Crippen molar-refractivity contribution >= 4 is 0 Å². The summed E-state index contributed by atoms with van der Waals surface area (Å²) in [4.78, 5) is 0. The van der Waals surface area contributed by atoms with E-state index in [2.05, 4.69) is 4.74 Å². The van der Waals surface area contributed by atoms with Gasteiger partial charge in [-0.15, -0.1) is 0 Å². The van der Waals surface area contributed by atoms with Gasteiger partial charge >= 0.3 is 0 Å². The van der Waals surface area contributed by atoms with Crippen LogP contribution in [-0.4, -0.2) is 6.36 Å². The van der Waals surface area contributed by atoms with Crippen LogP contribution in [-0.2, 0) is 0 Å². The molecule has 0 aromatic heterocycles. The van der Waals surface area contributed by atoms with Crippen molar-refractivity contribution in [1.29, 1.82) is 0 Å². The predicted molar refractivity (Wildman–Crippen MR) is 35.8 cm³/mol. The van der Waals surface area contributed by atoms with E-state index in [0.29, 0.717) is 0 Å². The van der Waals surface area contributed by atoms with Gasteiger partial charge in [0.1, 0.15) is 5.75 Å². The van der Waals surface area contributed by atoms with Gasteiger partial charge in [0, 0.05) is 5.56 Å². The van der Waals surface area contributed by atoms with Crippen LogP contribution in [0.5, 0.6) is 5.75 Å². The molecule has 11 heavy (non-hydrogen) atoms. The summed E-state index contributed by atoms with van der Waals surface area (Å²) in [6, 6.07) is 5.94. The van der Waals surface area contributed by atoms with Crippen LogP contribution in [0, 0.1) is 0 Å². The quantitative estimate of drug-likeness (QED) is 0.561. The van der Waals surface area contributed by atoms with E-state index in [0.717, 1.165) is 0 Å². The van der Waals surface area contributed by atoms with E-state index in [1.807, 2.05) is 0 Å². The molecule has 1 aromatic carbocycles. The van der Waals surface area contributed by atoms with E-state index in [1.165, 1.54) is 12.1 Å². The molecule has 1 aliphatic heterocycles. The zero-order valence-electron chi connectivity index (χ0n) is 6.55. The Balaban J connectivity index is 2.55. The fourth-order valence-electron chi connectivity index (χ4n) is 1.05. The van der Waals surface area contributed by atoms with E-state index in [1.54, 1.807) is 12.1 Å². The molecule has 1 nitrogen and oxygen atoms in total. The lowest BCUT2D eigenvalue weighted by atomic mass is 10.1. The average Bonchev–Trinajstić information content (AvgIpc) is 2.25. The third kappa shape index (κ3) is 0.878. The predicted octanol–water partition coefficient (Wildman–Crippen LogP) is 2.39. The molecule has 2 atom stereocenters. The second kappa shape index (κ2) is 2.19. The number of alkyl halides is 2. The first-order valence-corrected chi connectivity index (χ1v) is 3.21. The van der Waals surface area contributed by atoms with Crippen LogP contribution in [0.4, 0.5) is 8.78 Å². The molecule has 0 saturated heterocycles. The van der Waals surface area contributed by atoms with Crippen LogP contribution >= 0.6 is 0 Å². The van der Waals surface area contributed by atoms with Gasteiger partial charge in [-0.3, -0.25) is 0 Å². The Morgan fingerprint density at radius 2 is 2.09 bits per heavy atom. The molecule has 1 aromatic rings. The third-order valence-corrected chi connectivity index (χ3v) is 1.57. The Bertz CT molecular complexity index is 314. The largest absolute Gasteiger partial charge is 0.456 e. The van der Waals surface area contributed by atoms with Crippen molar-refractivity contribution in [2.24, 2.45) is 0 Å². The molecule has 0 saturated carbocycles. The molecule has 0 unspecified atom stereocenters. The summed E-state index contributed by atoms with van der Waals surface area (Å²) in [7, 11) is 0. The van der Waals surface area contributed by atoms with Crippen LogP contribution in [0.1, 0.15) is 13.1 Å². The molecule has 0 radical (unpaired) electrons. The van der Waals surface area contributed by atoms with E-state index < -0.39 is 12.5 Å². The van der Waals surface area contributed by atoms with Crippen LogP contribution in [0.25, 0.3) is 0 Å². The molecule has 3 heteroatoms. The van der Waals surface area contributed by atoms with Gasteiger partial charge in [0.2, 0.25) is 0 Å². The lowest BCUT2D eigenvalue weighted by molar-refractivity contribution is 0.0216.